The number of benzene rings is 1. The molecule has 0 N–H and O–H groups in total. The maximum atomic E-state index is 12.4. The van der Waals surface area contributed by atoms with Gasteiger partial charge in [0.2, 0.25) is 6.79 Å². The van der Waals surface area contributed by atoms with Crippen molar-refractivity contribution >= 4 is 5.78 Å². The standard InChI is InChI=1S/C14H17NO3/c1-10(15-6-2-3-7-15)14(16)11-4-5-12-13(8-11)18-9-17-12/h4-5,8,10H,2-3,6-7,9H2,1H3/t10-/m1/s1. The van der Waals surface area contributed by atoms with Crippen molar-refractivity contribution in [2.75, 3.05) is 19.9 Å². The Morgan fingerprint density at radius 3 is 2.72 bits per heavy atom. The van der Waals surface area contributed by atoms with E-state index < -0.39 is 0 Å². The lowest BCUT2D eigenvalue weighted by Gasteiger charge is -2.22. The molecule has 0 aromatic heterocycles. The van der Waals surface area contributed by atoms with Gasteiger partial charge in [-0.1, -0.05) is 0 Å². The van der Waals surface area contributed by atoms with E-state index >= 15 is 0 Å². The van der Waals surface area contributed by atoms with Crippen molar-refractivity contribution in [3.63, 3.8) is 0 Å². The van der Waals surface area contributed by atoms with Crippen LogP contribution in [0.15, 0.2) is 18.2 Å². The van der Waals surface area contributed by atoms with Crippen LogP contribution in [0.2, 0.25) is 0 Å². The van der Waals surface area contributed by atoms with Gasteiger partial charge in [-0.3, -0.25) is 9.69 Å². The Hall–Kier alpha value is -1.55. The summed E-state index contributed by atoms with van der Waals surface area (Å²) < 4.78 is 10.6. The number of hydrogen-bond acceptors (Lipinski definition) is 4. The molecule has 1 fully saturated rings. The second-order valence-corrected chi connectivity index (χ2v) is 4.85. The molecule has 0 aliphatic carbocycles. The first-order valence-electron chi connectivity index (χ1n) is 6.43. The summed E-state index contributed by atoms with van der Waals surface area (Å²) in [7, 11) is 0. The largest absolute Gasteiger partial charge is 0.454 e. The van der Waals surface area contributed by atoms with Crippen LogP contribution in [0.3, 0.4) is 0 Å². The summed E-state index contributed by atoms with van der Waals surface area (Å²) in [5.74, 6) is 1.56. The van der Waals surface area contributed by atoms with Gasteiger partial charge < -0.3 is 9.47 Å². The Bertz CT molecular complexity index is 466. The monoisotopic (exact) mass is 247 g/mol. The third-order valence-corrected chi connectivity index (χ3v) is 3.72. The SMILES string of the molecule is C[C@H](C(=O)c1ccc2c(c1)OCO2)N1CCCC1. The smallest absolute Gasteiger partial charge is 0.231 e. The molecule has 0 bridgehead atoms. The van der Waals surface area contributed by atoms with Crippen molar-refractivity contribution in [3.05, 3.63) is 23.8 Å². The maximum Gasteiger partial charge on any atom is 0.231 e. The molecule has 0 amide bonds. The van der Waals surface area contributed by atoms with Gasteiger partial charge in [-0.25, -0.2) is 0 Å². The fourth-order valence-electron chi connectivity index (χ4n) is 2.59. The lowest BCUT2D eigenvalue weighted by atomic mass is 10.0. The van der Waals surface area contributed by atoms with Crippen LogP contribution in [-0.4, -0.2) is 36.6 Å². The highest BCUT2D eigenvalue weighted by Gasteiger charge is 2.26. The molecule has 2 aliphatic rings. The summed E-state index contributed by atoms with van der Waals surface area (Å²) >= 11 is 0. The van der Waals surface area contributed by atoms with Crippen molar-refractivity contribution in [1.82, 2.24) is 4.90 Å². The predicted octanol–water partition coefficient (Wildman–Crippen LogP) is 2.08. The number of rotatable bonds is 3. The molecule has 2 heterocycles. The van der Waals surface area contributed by atoms with E-state index in [1.165, 1.54) is 12.8 Å². The summed E-state index contributed by atoms with van der Waals surface area (Å²) in [6.45, 7) is 4.28. The van der Waals surface area contributed by atoms with Crippen LogP contribution < -0.4 is 9.47 Å². The van der Waals surface area contributed by atoms with Gasteiger partial charge in [0.05, 0.1) is 6.04 Å². The molecule has 0 unspecified atom stereocenters. The van der Waals surface area contributed by atoms with Crippen molar-refractivity contribution in [3.8, 4) is 11.5 Å². The van der Waals surface area contributed by atoms with Crippen molar-refractivity contribution in [2.24, 2.45) is 0 Å². The predicted molar refractivity (Wildman–Crippen MR) is 67.2 cm³/mol. The Labute approximate surface area is 106 Å². The number of ketones is 1. The zero-order valence-electron chi connectivity index (χ0n) is 10.5. The second-order valence-electron chi connectivity index (χ2n) is 4.85. The molecule has 0 spiro atoms. The number of likely N-dealkylation sites (tertiary alicyclic amines) is 1. The third-order valence-electron chi connectivity index (χ3n) is 3.72. The van der Waals surface area contributed by atoms with E-state index in [1.807, 2.05) is 19.1 Å². The van der Waals surface area contributed by atoms with Crippen LogP contribution in [0.25, 0.3) is 0 Å². The fraction of sp³-hybridized carbons (Fsp3) is 0.500. The van der Waals surface area contributed by atoms with Gasteiger partial charge in [0.15, 0.2) is 17.3 Å². The van der Waals surface area contributed by atoms with Crippen LogP contribution in [0.5, 0.6) is 11.5 Å². The fourth-order valence-corrected chi connectivity index (χ4v) is 2.59. The van der Waals surface area contributed by atoms with Crippen LogP contribution in [-0.2, 0) is 0 Å². The number of fused-ring (bicyclic) bond motifs is 1. The first kappa shape index (κ1) is 11.5. The highest BCUT2D eigenvalue weighted by molar-refractivity contribution is 6.00. The first-order chi connectivity index (χ1) is 8.75. The minimum Gasteiger partial charge on any atom is -0.454 e. The van der Waals surface area contributed by atoms with Crippen LogP contribution in [0.4, 0.5) is 0 Å². The van der Waals surface area contributed by atoms with Gasteiger partial charge >= 0.3 is 0 Å². The molecule has 3 rings (SSSR count). The van der Waals surface area contributed by atoms with Crippen molar-refractivity contribution in [2.45, 2.75) is 25.8 Å². The molecule has 4 heteroatoms. The summed E-state index contributed by atoms with van der Waals surface area (Å²) in [5, 5.41) is 0. The van der Waals surface area contributed by atoms with E-state index in [0.29, 0.717) is 11.3 Å². The highest BCUT2D eigenvalue weighted by atomic mass is 16.7. The second kappa shape index (κ2) is 4.61. The molecule has 1 aromatic carbocycles. The molecule has 96 valence electrons. The zero-order chi connectivity index (χ0) is 12.5. The lowest BCUT2D eigenvalue weighted by molar-refractivity contribution is 0.0866. The van der Waals surface area contributed by atoms with E-state index in [2.05, 4.69) is 4.90 Å². The van der Waals surface area contributed by atoms with Crippen molar-refractivity contribution in [1.29, 1.82) is 0 Å². The van der Waals surface area contributed by atoms with Gasteiger partial charge in [-0.2, -0.15) is 0 Å². The first-order valence-corrected chi connectivity index (χ1v) is 6.43. The molecule has 1 atom stereocenters. The number of Topliss-reactive ketones (excluding diaryl/α,β-unsaturated/α-hetero) is 1. The quantitative estimate of drug-likeness (QED) is 0.767. The Kier molecular flexibility index (Phi) is 2.96. The summed E-state index contributed by atoms with van der Waals surface area (Å²) in [5.41, 5.74) is 0.707. The molecule has 4 nitrogen and oxygen atoms in total. The Morgan fingerprint density at radius 2 is 1.94 bits per heavy atom. The maximum absolute atomic E-state index is 12.4. The molecular weight excluding hydrogens is 230 g/mol. The number of carbonyl (C=O) groups excluding carboxylic acids is 1. The minimum absolute atomic E-state index is 0.0483. The topological polar surface area (TPSA) is 38.8 Å². The van der Waals surface area contributed by atoms with Crippen LogP contribution >= 0.6 is 0 Å². The van der Waals surface area contributed by atoms with E-state index in [-0.39, 0.29) is 18.6 Å². The average molecular weight is 247 g/mol. The summed E-state index contributed by atoms with van der Waals surface area (Å²) in [6, 6.07) is 5.37. The van der Waals surface area contributed by atoms with E-state index in [4.69, 9.17) is 9.47 Å². The molecule has 18 heavy (non-hydrogen) atoms. The molecule has 1 aromatic rings. The van der Waals surface area contributed by atoms with Gasteiger partial charge in [-0.05, 0) is 51.1 Å². The van der Waals surface area contributed by atoms with Gasteiger partial charge in [-0.15, -0.1) is 0 Å². The lowest BCUT2D eigenvalue weighted by Crippen LogP contribution is -2.36. The third kappa shape index (κ3) is 1.97. The molecule has 0 radical (unpaired) electrons. The Balaban J connectivity index is 1.79. The van der Waals surface area contributed by atoms with Crippen LogP contribution in [0, 0.1) is 0 Å². The number of carbonyl (C=O) groups is 1. The van der Waals surface area contributed by atoms with E-state index in [9.17, 15) is 4.79 Å². The van der Waals surface area contributed by atoms with Gasteiger partial charge in [0, 0.05) is 5.56 Å². The molecule has 0 saturated carbocycles. The normalized spacial score (nSPS) is 20.1. The van der Waals surface area contributed by atoms with E-state index in [0.717, 1.165) is 18.8 Å². The van der Waals surface area contributed by atoms with E-state index in [1.54, 1.807) is 6.07 Å². The Morgan fingerprint density at radius 1 is 1.22 bits per heavy atom. The van der Waals surface area contributed by atoms with Crippen molar-refractivity contribution < 1.29 is 14.3 Å². The number of nitrogens with zero attached hydrogens (tertiary/aromatic N) is 1. The molecule has 1 saturated heterocycles. The summed E-state index contributed by atoms with van der Waals surface area (Å²) in [6.07, 6.45) is 2.39. The van der Waals surface area contributed by atoms with Gasteiger partial charge in [0.1, 0.15) is 0 Å². The number of hydrogen-bond donors (Lipinski definition) is 0. The number of ether oxygens (including phenoxy) is 2. The zero-order valence-corrected chi connectivity index (χ0v) is 10.5. The molecular formula is C14H17NO3. The van der Waals surface area contributed by atoms with Gasteiger partial charge in [0.25, 0.3) is 0 Å². The van der Waals surface area contributed by atoms with Crippen LogP contribution in [0.1, 0.15) is 30.1 Å². The molecule has 2 aliphatic heterocycles. The highest BCUT2D eigenvalue weighted by Crippen LogP contribution is 2.33. The average Bonchev–Trinajstić information content (AvgIpc) is 3.06. The summed E-state index contributed by atoms with van der Waals surface area (Å²) in [4.78, 5) is 14.6. The minimum atomic E-state index is -0.0483.